The number of fused-ring (bicyclic) bond motifs is 1. The van der Waals surface area contributed by atoms with E-state index in [1.807, 2.05) is 6.20 Å². The summed E-state index contributed by atoms with van der Waals surface area (Å²) in [6.07, 6.45) is 4.85. The number of aromatic carboxylic acids is 1. The fraction of sp³-hybridized carbons (Fsp3) is 0.286. The number of nitrogens with two attached hydrogens (primary N) is 1. The molecule has 2 heterocycles. The molecule has 1 aliphatic heterocycles. The highest BCUT2D eigenvalue weighted by Gasteiger charge is 2.21. The van der Waals surface area contributed by atoms with Crippen LogP contribution < -0.4 is 5.73 Å². The molecule has 0 saturated carbocycles. The zero-order valence-electron chi connectivity index (χ0n) is 10.4. The molecule has 0 saturated heterocycles. The van der Waals surface area contributed by atoms with Gasteiger partial charge in [0, 0.05) is 17.5 Å². The number of benzene rings is 1. The Hall–Kier alpha value is -2.14. The number of aryl methyl sites for hydroxylation is 1. The number of aromatic nitrogens is 2. The Bertz CT molecular complexity index is 616. The van der Waals surface area contributed by atoms with Crippen LogP contribution in [0.1, 0.15) is 35.1 Å². The van der Waals surface area contributed by atoms with Crippen molar-refractivity contribution >= 4 is 5.97 Å². The maximum absolute atomic E-state index is 10.8. The molecule has 1 aromatic carbocycles. The molecule has 0 amide bonds. The quantitative estimate of drug-likeness (QED) is 0.862. The standard InChI is InChI=1S/C14H15N3O2/c15-12-3-1-2-11-8-16-13(17(11)12)9-4-6-10(7-5-9)14(18)19/h4-8,12H,1-3,15H2,(H,18,19). The van der Waals surface area contributed by atoms with E-state index >= 15 is 0 Å². The number of rotatable bonds is 2. The van der Waals surface area contributed by atoms with Crippen molar-refractivity contribution in [1.29, 1.82) is 0 Å². The molecule has 5 nitrogen and oxygen atoms in total. The summed E-state index contributed by atoms with van der Waals surface area (Å²) < 4.78 is 2.05. The second kappa shape index (κ2) is 4.51. The van der Waals surface area contributed by atoms with Crippen LogP contribution in [0.15, 0.2) is 30.5 Å². The van der Waals surface area contributed by atoms with Crippen LogP contribution in [0.3, 0.4) is 0 Å². The molecular formula is C14H15N3O2. The highest BCUT2D eigenvalue weighted by atomic mass is 16.4. The van der Waals surface area contributed by atoms with Crippen LogP contribution in [0.2, 0.25) is 0 Å². The first-order chi connectivity index (χ1) is 9.16. The van der Waals surface area contributed by atoms with E-state index in [2.05, 4.69) is 9.55 Å². The monoisotopic (exact) mass is 257 g/mol. The van der Waals surface area contributed by atoms with Gasteiger partial charge in [0.15, 0.2) is 0 Å². The number of hydrogen-bond donors (Lipinski definition) is 2. The molecule has 3 N–H and O–H groups in total. The average Bonchev–Trinajstić information content (AvgIpc) is 2.84. The van der Waals surface area contributed by atoms with E-state index in [0.717, 1.165) is 36.3 Å². The molecule has 0 aliphatic carbocycles. The third kappa shape index (κ3) is 2.02. The van der Waals surface area contributed by atoms with E-state index in [0.29, 0.717) is 0 Å². The van der Waals surface area contributed by atoms with E-state index in [4.69, 9.17) is 10.8 Å². The molecule has 5 heteroatoms. The zero-order valence-corrected chi connectivity index (χ0v) is 10.4. The number of hydrogen-bond acceptors (Lipinski definition) is 3. The lowest BCUT2D eigenvalue weighted by atomic mass is 10.1. The molecular weight excluding hydrogens is 242 g/mol. The second-order valence-electron chi connectivity index (χ2n) is 4.79. The fourth-order valence-corrected chi connectivity index (χ4v) is 2.55. The van der Waals surface area contributed by atoms with Crippen molar-refractivity contribution in [2.24, 2.45) is 5.73 Å². The molecule has 2 aromatic rings. The summed E-state index contributed by atoms with van der Waals surface area (Å²) in [7, 11) is 0. The van der Waals surface area contributed by atoms with Gasteiger partial charge in [-0.15, -0.1) is 0 Å². The van der Waals surface area contributed by atoms with Crippen LogP contribution in [-0.4, -0.2) is 20.6 Å². The Morgan fingerprint density at radius 1 is 1.37 bits per heavy atom. The van der Waals surface area contributed by atoms with Crippen LogP contribution in [0.5, 0.6) is 0 Å². The van der Waals surface area contributed by atoms with Crippen LogP contribution in [0.25, 0.3) is 11.4 Å². The Morgan fingerprint density at radius 2 is 2.11 bits per heavy atom. The molecule has 1 aliphatic rings. The van der Waals surface area contributed by atoms with Gasteiger partial charge < -0.3 is 15.4 Å². The average molecular weight is 257 g/mol. The van der Waals surface area contributed by atoms with Gasteiger partial charge in [-0.25, -0.2) is 9.78 Å². The fourth-order valence-electron chi connectivity index (χ4n) is 2.55. The van der Waals surface area contributed by atoms with Crippen LogP contribution >= 0.6 is 0 Å². The van der Waals surface area contributed by atoms with Gasteiger partial charge in [-0.3, -0.25) is 0 Å². The van der Waals surface area contributed by atoms with Gasteiger partial charge in [0.1, 0.15) is 5.82 Å². The first kappa shape index (κ1) is 11.9. The van der Waals surface area contributed by atoms with E-state index in [9.17, 15) is 4.79 Å². The maximum atomic E-state index is 10.8. The number of carboxylic acid groups (broad SMARTS) is 1. The van der Waals surface area contributed by atoms with Crippen LogP contribution in [0, 0.1) is 0 Å². The lowest BCUT2D eigenvalue weighted by Crippen LogP contribution is -2.25. The predicted molar refractivity (Wildman–Crippen MR) is 70.8 cm³/mol. The van der Waals surface area contributed by atoms with E-state index in [-0.39, 0.29) is 11.7 Å². The highest BCUT2D eigenvalue weighted by Crippen LogP contribution is 2.28. The van der Waals surface area contributed by atoms with E-state index < -0.39 is 5.97 Å². The van der Waals surface area contributed by atoms with Crippen LogP contribution in [-0.2, 0) is 6.42 Å². The lowest BCUT2D eigenvalue weighted by Gasteiger charge is -2.23. The third-order valence-corrected chi connectivity index (χ3v) is 3.53. The SMILES string of the molecule is NC1CCCc2cnc(-c3ccc(C(=O)O)cc3)n21. The molecule has 0 fully saturated rings. The molecule has 19 heavy (non-hydrogen) atoms. The number of carboxylic acids is 1. The molecule has 3 rings (SSSR count). The molecule has 1 atom stereocenters. The third-order valence-electron chi connectivity index (χ3n) is 3.53. The highest BCUT2D eigenvalue weighted by molar-refractivity contribution is 5.88. The van der Waals surface area contributed by atoms with Crippen molar-refractivity contribution in [3.8, 4) is 11.4 Å². The molecule has 0 bridgehead atoms. The topological polar surface area (TPSA) is 81.1 Å². The summed E-state index contributed by atoms with van der Waals surface area (Å²) >= 11 is 0. The van der Waals surface area contributed by atoms with Gasteiger partial charge in [-0.05, 0) is 31.4 Å². The van der Waals surface area contributed by atoms with Gasteiger partial charge in [0.05, 0.1) is 11.7 Å². The van der Waals surface area contributed by atoms with Crippen molar-refractivity contribution < 1.29 is 9.90 Å². The van der Waals surface area contributed by atoms with Crippen molar-refractivity contribution in [2.45, 2.75) is 25.4 Å². The number of carbonyl (C=O) groups is 1. The van der Waals surface area contributed by atoms with Crippen LogP contribution in [0.4, 0.5) is 0 Å². The molecule has 0 radical (unpaired) electrons. The Labute approximate surface area is 110 Å². The minimum Gasteiger partial charge on any atom is -0.478 e. The minimum atomic E-state index is -0.923. The van der Waals surface area contributed by atoms with Gasteiger partial charge in [0.25, 0.3) is 0 Å². The summed E-state index contributed by atoms with van der Waals surface area (Å²) in [4.78, 5) is 15.3. The summed E-state index contributed by atoms with van der Waals surface area (Å²) in [6.45, 7) is 0. The number of nitrogens with zero attached hydrogens (tertiary/aromatic N) is 2. The lowest BCUT2D eigenvalue weighted by molar-refractivity contribution is 0.0697. The number of imidazole rings is 1. The summed E-state index contributed by atoms with van der Waals surface area (Å²) in [5.41, 5.74) is 8.46. The largest absolute Gasteiger partial charge is 0.478 e. The first-order valence-corrected chi connectivity index (χ1v) is 6.32. The maximum Gasteiger partial charge on any atom is 0.335 e. The normalized spacial score (nSPS) is 18.1. The Kier molecular flexibility index (Phi) is 2.83. The Balaban J connectivity index is 2.03. The second-order valence-corrected chi connectivity index (χ2v) is 4.79. The minimum absolute atomic E-state index is 0.0413. The van der Waals surface area contributed by atoms with Gasteiger partial charge >= 0.3 is 5.97 Å². The molecule has 1 aromatic heterocycles. The van der Waals surface area contributed by atoms with Gasteiger partial charge in [0.2, 0.25) is 0 Å². The van der Waals surface area contributed by atoms with Crippen molar-refractivity contribution in [3.05, 3.63) is 41.7 Å². The smallest absolute Gasteiger partial charge is 0.335 e. The predicted octanol–water partition coefficient (Wildman–Crippen LogP) is 2.04. The molecule has 1 unspecified atom stereocenters. The Morgan fingerprint density at radius 3 is 2.79 bits per heavy atom. The van der Waals surface area contributed by atoms with E-state index in [1.165, 1.54) is 0 Å². The first-order valence-electron chi connectivity index (χ1n) is 6.32. The van der Waals surface area contributed by atoms with Gasteiger partial charge in [-0.2, -0.15) is 0 Å². The summed E-state index contributed by atoms with van der Waals surface area (Å²) in [5, 5.41) is 8.90. The van der Waals surface area contributed by atoms with E-state index in [1.54, 1.807) is 24.3 Å². The summed E-state index contributed by atoms with van der Waals surface area (Å²) in [5.74, 6) is -0.104. The summed E-state index contributed by atoms with van der Waals surface area (Å²) in [6, 6.07) is 6.74. The molecule has 0 spiro atoms. The zero-order chi connectivity index (χ0) is 13.4. The van der Waals surface area contributed by atoms with Crippen molar-refractivity contribution in [2.75, 3.05) is 0 Å². The molecule has 98 valence electrons. The van der Waals surface area contributed by atoms with Gasteiger partial charge in [-0.1, -0.05) is 12.1 Å². The van der Waals surface area contributed by atoms with Crippen molar-refractivity contribution in [1.82, 2.24) is 9.55 Å². The van der Waals surface area contributed by atoms with Crippen molar-refractivity contribution in [3.63, 3.8) is 0 Å².